The first-order valence-electron chi connectivity index (χ1n) is 5.41. The van der Waals surface area contributed by atoms with Crippen molar-refractivity contribution in [1.82, 2.24) is 4.90 Å². The Labute approximate surface area is 94.0 Å². The van der Waals surface area contributed by atoms with E-state index < -0.39 is 11.8 Å². The molecule has 1 aromatic carbocycles. The summed E-state index contributed by atoms with van der Waals surface area (Å²) in [5.41, 5.74) is 6.85. The molecule has 0 aliphatic carbocycles. The second-order valence-electron chi connectivity index (χ2n) is 4.51. The van der Waals surface area contributed by atoms with Crippen LogP contribution >= 0.6 is 0 Å². The summed E-state index contributed by atoms with van der Waals surface area (Å²) in [4.78, 5) is 1.67. The number of nitrogens with two attached hydrogens (primary N) is 1. The van der Waals surface area contributed by atoms with Crippen molar-refractivity contribution in [2.45, 2.75) is 18.3 Å². The molecule has 1 unspecified atom stereocenters. The van der Waals surface area contributed by atoms with Gasteiger partial charge < -0.3 is 10.6 Å². The summed E-state index contributed by atoms with van der Waals surface area (Å²) in [6, 6.07) is 6.78. The highest BCUT2D eigenvalue weighted by Crippen LogP contribution is 2.39. The Kier molecular flexibility index (Phi) is 2.84. The molecule has 88 valence electrons. The van der Waals surface area contributed by atoms with E-state index in [0.717, 1.165) is 0 Å². The fraction of sp³-hybridized carbons (Fsp3) is 0.500. The molecule has 1 aliphatic heterocycles. The SMILES string of the molecule is CN1CCC(c2ccc(N)cc2)C(F)(F)C1. The first kappa shape index (κ1) is 11.3. The predicted octanol–water partition coefficient (Wildman–Crippen LogP) is 2.32. The van der Waals surface area contributed by atoms with Gasteiger partial charge in [0, 0.05) is 5.69 Å². The molecular formula is C12H16F2N2. The van der Waals surface area contributed by atoms with Gasteiger partial charge in [-0.2, -0.15) is 0 Å². The Morgan fingerprint density at radius 2 is 1.94 bits per heavy atom. The fourth-order valence-corrected chi connectivity index (χ4v) is 2.25. The van der Waals surface area contributed by atoms with Gasteiger partial charge in [0.25, 0.3) is 5.92 Å². The van der Waals surface area contributed by atoms with Gasteiger partial charge in [-0.1, -0.05) is 12.1 Å². The topological polar surface area (TPSA) is 29.3 Å². The monoisotopic (exact) mass is 226 g/mol. The number of nitrogen functional groups attached to an aromatic ring is 1. The van der Waals surface area contributed by atoms with Crippen molar-refractivity contribution in [3.63, 3.8) is 0 Å². The molecule has 1 atom stereocenters. The number of hydrogen-bond acceptors (Lipinski definition) is 2. The maximum atomic E-state index is 13.8. The van der Waals surface area contributed by atoms with Crippen LogP contribution in [0.1, 0.15) is 17.9 Å². The molecule has 0 spiro atoms. The number of anilines is 1. The van der Waals surface area contributed by atoms with Gasteiger partial charge in [-0.3, -0.25) is 0 Å². The van der Waals surface area contributed by atoms with Gasteiger partial charge in [0.05, 0.1) is 12.5 Å². The number of piperidine rings is 1. The van der Waals surface area contributed by atoms with E-state index in [1.165, 1.54) is 0 Å². The van der Waals surface area contributed by atoms with E-state index in [1.54, 1.807) is 36.2 Å². The molecule has 2 rings (SSSR count). The largest absolute Gasteiger partial charge is 0.399 e. The highest BCUT2D eigenvalue weighted by atomic mass is 19.3. The number of alkyl halides is 2. The summed E-state index contributed by atoms with van der Waals surface area (Å²) >= 11 is 0. The van der Waals surface area contributed by atoms with Crippen LogP contribution in [0.15, 0.2) is 24.3 Å². The van der Waals surface area contributed by atoms with Gasteiger partial charge in [0.2, 0.25) is 0 Å². The third-order valence-corrected chi connectivity index (χ3v) is 3.13. The molecule has 1 aromatic rings. The summed E-state index contributed by atoms with van der Waals surface area (Å²) in [5, 5.41) is 0. The number of rotatable bonds is 1. The smallest absolute Gasteiger partial charge is 0.267 e. The Hall–Kier alpha value is -1.16. The van der Waals surface area contributed by atoms with E-state index in [1.807, 2.05) is 0 Å². The Morgan fingerprint density at radius 1 is 1.31 bits per heavy atom. The average Bonchev–Trinajstić information content (AvgIpc) is 2.18. The van der Waals surface area contributed by atoms with Crippen molar-refractivity contribution in [1.29, 1.82) is 0 Å². The standard InChI is InChI=1S/C12H16F2N2/c1-16-7-6-11(12(13,14)8-16)9-2-4-10(15)5-3-9/h2-5,11H,6-8,15H2,1H3. The Balaban J connectivity index is 2.23. The molecule has 16 heavy (non-hydrogen) atoms. The Morgan fingerprint density at radius 3 is 2.50 bits per heavy atom. The van der Waals surface area contributed by atoms with Crippen molar-refractivity contribution in [3.05, 3.63) is 29.8 Å². The van der Waals surface area contributed by atoms with Crippen molar-refractivity contribution in [3.8, 4) is 0 Å². The summed E-state index contributed by atoms with van der Waals surface area (Å²) in [6.45, 7) is 0.548. The van der Waals surface area contributed by atoms with Crippen molar-refractivity contribution in [2.24, 2.45) is 0 Å². The summed E-state index contributed by atoms with van der Waals surface area (Å²) in [5.74, 6) is -3.33. The van der Waals surface area contributed by atoms with Crippen LogP contribution in [-0.4, -0.2) is 31.0 Å². The minimum absolute atomic E-state index is 0.165. The molecule has 4 heteroatoms. The number of likely N-dealkylation sites (tertiary alicyclic amines) is 1. The van der Waals surface area contributed by atoms with Gasteiger partial charge in [0.15, 0.2) is 0 Å². The van der Waals surface area contributed by atoms with Gasteiger partial charge >= 0.3 is 0 Å². The molecule has 1 saturated heterocycles. The molecule has 2 nitrogen and oxygen atoms in total. The van der Waals surface area contributed by atoms with Crippen molar-refractivity contribution >= 4 is 5.69 Å². The van der Waals surface area contributed by atoms with Crippen LogP contribution in [0.25, 0.3) is 0 Å². The molecule has 0 radical (unpaired) electrons. The molecular weight excluding hydrogens is 210 g/mol. The van der Waals surface area contributed by atoms with Crippen LogP contribution in [0.2, 0.25) is 0 Å². The third kappa shape index (κ3) is 2.16. The molecule has 1 fully saturated rings. The van der Waals surface area contributed by atoms with Gasteiger partial charge in [0.1, 0.15) is 0 Å². The molecule has 0 saturated carbocycles. The second kappa shape index (κ2) is 4.01. The lowest BCUT2D eigenvalue weighted by Crippen LogP contribution is -2.45. The quantitative estimate of drug-likeness (QED) is 0.745. The van der Waals surface area contributed by atoms with Crippen LogP contribution in [-0.2, 0) is 0 Å². The van der Waals surface area contributed by atoms with Gasteiger partial charge in [-0.05, 0) is 37.7 Å². The van der Waals surface area contributed by atoms with E-state index >= 15 is 0 Å². The molecule has 0 amide bonds. The molecule has 1 aliphatic rings. The lowest BCUT2D eigenvalue weighted by molar-refractivity contribution is -0.0765. The molecule has 0 aromatic heterocycles. The fourth-order valence-electron chi connectivity index (χ4n) is 2.25. The van der Waals surface area contributed by atoms with Crippen LogP contribution in [0.5, 0.6) is 0 Å². The lowest BCUT2D eigenvalue weighted by Gasteiger charge is -2.36. The van der Waals surface area contributed by atoms with E-state index in [0.29, 0.717) is 24.2 Å². The van der Waals surface area contributed by atoms with Gasteiger partial charge in [-0.15, -0.1) is 0 Å². The minimum atomic E-state index is -2.65. The first-order chi connectivity index (χ1) is 7.49. The maximum Gasteiger partial charge on any atom is 0.267 e. The van der Waals surface area contributed by atoms with E-state index in [-0.39, 0.29) is 6.54 Å². The number of benzene rings is 1. The van der Waals surface area contributed by atoms with Crippen LogP contribution in [0, 0.1) is 0 Å². The van der Waals surface area contributed by atoms with Crippen LogP contribution in [0.4, 0.5) is 14.5 Å². The molecule has 2 N–H and O–H groups in total. The summed E-state index contributed by atoms with van der Waals surface area (Å²) in [6.07, 6.45) is 0.493. The van der Waals surface area contributed by atoms with Crippen LogP contribution in [0.3, 0.4) is 0 Å². The predicted molar refractivity (Wildman–Crippen MR) is 60.7 cm³/mol. The van der Waals surface area contributed by atoms with Gasteiger partial charge in [-0.25, -0.2) is 8.78 Å². The van der Waals surface area contributed by atoms with E-state index in [4.69, 9.17) is 5.73 Å². The third-order valence-electron chi connectivity index (χ3n) is 3.13. The van der Waals surface area contributed by atoms with Crippen molar-refractivity contribution in [2.75, 3.05) is 25.9 Å². The highest BCUT2D eigenvalue weighted by Gasteiger charge is 2.44. The zero-order valence-corrected chi connectivity index (χ0v) is 9.29. The van der Waals surface area contributed by atoms with Crippen molar-refractivity contribution < 1.29 is 8.78 Å². The zero-order valence-electron chi connectivity index (χ0n) is 9.29. The maximum absolute atomic E-state index is 13.8. The molecule has 0 bridgehead atoms. The number of halogens is 2. The summed E-state index contributed by atoms with van der Waals surface area (Å²) in [7, 11) is 1.73. The van der Waals surface area contributed by atoms with Crippen LogP contribution < -0.4 is 5.73 Å². The summed E-state index contributed by atoms with van der Waals surface area (Å²) < 4.78 is 27.7. The lowest BCUT2D eigenvalue weighted by atomic mass is 9.86. The minimum Gasteiger partial charge on any atom is -0.399 e. The number of hydrogen-bond donors (Lipinski definition) is 1. The average molecular weight is 226 g/mol. The second-order valence-corrected chi connectivity index (χ2v) is 4.51. The number of nitrogens with zero attached hydrogens (tertiary/aromatic N) is 1. The zero-order chi connectivity index (χ0) is 11.8. The van der Waals surface area contributed by atoms with E-state index in [2.05, 4.69) is 0 Å². The highest BCUT2D eigenvalue weighted by molar-refractivity contribution is 5.40. The Bertz CT molecular complexity index is 362. The molecule has 1 heterocycles. The van der Waals surface area contributed by atoms with E-state index in [9.17, 15) is 8.78 Å². The normalized spacial score (nSPS) is 25.6. The first-order valence-corrected chi connectivity index (χ1v) is 5.41.